The number of anilines is 1. The van der Waals surface area contributed by atoms with E-state index in [1.807, 2.05) is 36.4 Å². The van der Waals surface area contributed by atoms with Crippen LogP contribution in [0.3, 0.4) is 0 Å². The van der Waals surface area contributed by atoms with Gasteiger partial charge in [0.15, 0.2) is 0 Å². The molecule has 21 heavy (non-hydrogen) atoms. The first-order valence-electron chi connectivity index (χ1n) is 6.19. The molecule has 0 radical (unpaired) electrons. The molecule has 0 aliphatic heterocycles. The smallest absolute Gasteiger partial charge is 0.129 e. The van der Waals surface area contributed by atoms with Crippen LogP contribution in [0.2, 0.25) is 5.02 Å². The van der Waals surface area contributed by atoms with E-state index in [1.165, 1.54) is 11.3 Å². The zero-order valence-corrected chi connectivity index (χ0v) is 12.4. The fourth-order valence-electron chi connectivity index (χ4n) is 2.14. The summed E-state index contributed by atoms with van der Waals surface area (Å²) >= 11 is 7.33. The summed E-state index contributed by atoms with van der Waals surface area (Å²) < 4.78 is 0. The van der Waals surface area contributed by atoms with E-state index in [1.54, 1.807) is 12.4 Å². The van der Waals surface area contributed by atoms with E-state index in [9.17, 15) is 5.26 Å². The summed E-state index contributed by atoms with van der Waals surface area (Å²) in [5.41, 5.74) is 9.48. The molecule has 2 heterocycles. The third-order valence-electron chi connectivity index (χ3n) is 3.12. The van der Waals surface area contributed by atoms with Crippen molar-refractivity contribution < 1.29 is 0 Å². The van der Waals surface area contributed by atoms with Crippen LogP contribution >= 0.6 is 22.9 Å². The average molecular weight is 312 g/mol. The van der Waals surface area contributed by atoms with Gasteiger partial charge in [0.1, 0.15) is 10.9 Å². The van der Waals surface area contributed by atoms with Crippen LogP contribution in [-0.2, 0) is 0 Å². The van der Waals surface area contributed by atoms with Crippen molar-refractivity contribution in [2.24, 2.45) is 0 Å². The molecule has 2 aromatic heterocycles. The Hall–Kier alpha value is -2.35. The van der Waals surface area contributed by atoms with E-state index < -0.39 is 0 Å². The first-order chi connectivity index (χ1) is 10.2. The minimum Gasteiger partial charge on any atom is -0.396 e. The van der Waals surface area contributed by atoms with Gasteiger partial charge in [0, 0.05) is 27.9 Å². The van der Waals surface area contributed by atoms with Gasteiger partial charge >= 0.3 is 0 Å². The molecule has 0 fully saturated rings. The van der Waals surface area contributed by atoms with Crippen molar-refractivity contribution in [1.29, 1.82) is 5.26 Å². The van der Waals surface area contributed by atoms with Gasteiger partial charge in [0.05, 0.1) is 5.69 Å². The van der Waals surface area contributed by atoms with Crippen LogP contribution in [0.25, 0.3) is 21.6 Å². The van der Waals surface area contributed by atoms with Crippen molar-refractivity contribution in [2.45, 2.75) is 0 Å². The molecule has 3 aromatic rings. The molecule has 1 aromatic carbocycles. The second kappa shape index (κ2) is 5.57. The van der Waals surface area contributed by atoms with Gasteiger partial charge in [-0.05, 0) is 35.4 Å². The van der Waals surface area contributed by atoms with Crippen LogP contribution in [0.5, 0.6) is 0 Å². The van der Waals surface area contributed by atoms with Gasteiger partial charge in [-0.1, -0.05) is 23.7 Å². The van der Waals surface area contributed by atoms with Crippen LogP contribution in [0.15, 0.2) is 48.8 Å². The molecule has 0 amide bonds. The molecule has 3 nitrogen and oxygen atoms in total. The number of nitrogens with two attached hydrogens (primary N) is 1. The topological polar surface area (TPSA) is 62.7 Å². The van der Waals surface area contributed by atoms with Gasteiger partial charge in [-0.2, -0.15) is 5.26 Å². The van der Waals surface area contributed by atoms with Crippen molar-refractivity contribution in [3.05, 3.63) is 58.7 Å². The summed E-state index contributed by atoms with van der Waals surface area (Å²) in [6.07, 6.45) is 3.42. The first kappa shape index (κ1) is 13.6. The number of rotatable bonds is 2. The zero-order valence-electron chi connectivity index (χ0n) is 10.9. The molecule has 0 aliphatic rings. The van der Waals surface area contributed by atoms with Gasteiger partial charge in [0.2, 0.25) is 0 Å². The van der Waals surface area contributed by atoms with E-state index >= 15 is 0 Å². The quantitative estimate of drug-likeness (QED) is 0.753. The monoisotopic (exact) mass is 311 g/mol. The number of hydrogen-bond acceptors (Lipinski definition) is 4. The molecule has 0 atom stereocenters. The van der Waals surface area contributed by atoms with Crippen LogP contribution in [0.4, 0.5) is 5.69 Å². The largest absolute Gasteiger partial charge is 0.396 e. The predicted octanol–water partition coefficient (Wildman–Crippen LogP) is 4.58. The normalized spacial score (nSPS) is 10.3. The Morgan fingerprint density at radius 2 is 1.71 bits per heavy atom. The van der Waals surface area contributed by atoms with Gasteiger partial charge in [-0.15, -0.1) is 11.3 Å². The minimum absolute atomic E-state index is 0.513. The predicted molar refractivity (Wildman–Crippen MR) is 87.1 cm³/mol. The lowest BCUT2D eigenvalue weighted by Gasteiger charge is -2.05. The summed E-state index contributed by atoms with van der Waals surface area (Å²) in [7, 11) is 0. The van der Waals surface area contributed by atoms with Crippen molar-refractivity contribution in [2.75, 3.05) is 5.73 Å². The molecule has 0 bridgehead atoms. The fraction of sp³-hybridized carbons (Fsp3) is 0. The maximum atomic E-state index is 9.24. The highest BCUT2D eigenvalue weighted by Gasteiger charge is 2.18. The number of nitriles is 1. The van der Waals surface area contributed by atoms with Gasteiger partial charge in [-0.25, -0.2) is 0 Å². The highest BCUT2D eigenvalue weighted by atomic mass is 35.5. The van der Waals surface area contributed by atoms with E-state index in [0.29, 0.717) is 15.6 Å². The summed E-state index contributed by atoms with van der Waals surface area (Å²) in [6.45, 7) is 0. The number of pyridine rings is 1. The fourth-order valence-corrected chi connectivity index (χ4v) is 3.31. The van der Waals surface area contributed by atoms with Crippen molar-refractivity contribution >= 4 is 28.6 Å². The second-order valence-electron chi connectivity index (χ2n) is 4.40. The Kier molecular flexibility index (Phi) is 3.61. The molecular formula is C16H10ClN3S. The number of benzene rings is 1. The molecular weight excluding hydrogens is 302 g/mol. The van der Waals surface area contributed by atoms with Crippen molar-refractivity contribution in [3.63, 3.8) is 0 Å². The Morgan fingerprint density at radius 1 is 1.05 bits per heavy atom. The number of halogens is 1. The standard InChI is InChI=1S/C16H10ClN3S/c17-12-3-1-11(2-4-12)16-14(10-5-7-20-8-6-10)15(19)13(9-18)21-16/h1-8H,19H2. The van der Waals surface area contributed by atoms with E-state index in [0.717, 1.165) is 21.6 Å². The highest BCUT2D eigenvalue weighted by molar-refractivity contribution is 7.17. The van der Waals surface area contributed by atoms with E-state index in [2.05, 4.69) is 11.1 Å². The highest BCUT2D eigenvalue weighted by Crippen LogP contribution is 2.44. The second-order valence-corrected chi connectivity index (χ2v) is 5.86. The molecule has 2 N–H and O–H groups in total. The lowest BCUT2D eigenvalue weighted by molar-refractivity contribution is 1.33. The maximum absolute atomic E-state index is 9.24. The number of thiophene rings is 1. The number of nitrogens with zero attached hydrogens (tertiary/aromatic N) is 2. The number of aromatic nitrogens is 1. The third-order valence-corrected chi connectivity index (χ3v) is 4.53. The molecule has 0 unspecified atom stereocenters. The summed E-state index contributed by atoms with van der Waals surface area (Å²) in [4.78, 5) is 5.51. The summed E-state index contributed by atoms with van der Waals surface area (Å²) in [5, 5.41) is 9.92. The Morgan fingerprint density at radius 3 is 2.33 bits per heavy atom. The summed E-state index contributed by atoms with van der Waals surface area (Å²) in [6, 6.07) is 13.5. The molecule has 0 aliphatic carbocycles. The molecule has 102 valence electrons. The van der Waals surface area contributed by atoms with Crippen LogP contribution in [0, 0.1) is 11.3 Å². The maximum Gasteiger partial charge on any atom is 0.129 e. The van der Waals surface area contributed by atoms with Crippen molar-refractivity contribution in [3.8, 4) is 27.6 Å². The third kappa shape index (κ3) is 2.49. The minimum atomic E-state index is 0.513. The zero-order chi connectivity index (χ0) is 14.8. The first-order valence-corrected chi connectivity index (χ1v) is 7.39. The summed E-state index contributed by atoms with van der Waals surface area (Å²) in [5.74, 6) is 0. The molecule has 3 rings (SSSR count). The van der Waals surface area contributed by atoms with Gasteiger partial charge in [0.25, 0.3) is 0 Å². The molecule has 0 saturated carbocycles. The average Bonchev–Trinajstić information content (AvgIpc) is 2.85. The van der Waals surface area contributed by atoms with E-state index in [4.69, 9.17) is 17.3 Å². The van der Waals surface area contributed by atoms with Gasteiger partial charge in [-0.3, -0.25) is 4.98 Å². The lowest BCUT2D eigenvalue weighted by atomic mass is 10.0. The van der Waals surface area contributed by atoms with Crippen molar-refractivity contribution in [1.82, 2.24) is 4.98 Å². The van der Waals surface area contributed by atoms with Crippen LogP contribution in [0.1, 0.15) is 4.88 Å². The molecule has 0 saturated heterocycles. The SMILES string of the molecule is N#Cc1sc(-c2ccc(Cl)cc2)c(-c2ccncc2)c1N. The molecule has 0 spiro atoms. The van der Waals surface area contributed by atoms with Gasteiger partial charge < -0.3 is 5.73 Å². The van der Waals surface area contributed by atoms with Crippen LogP contribution in [-0.4, -0.2) is 4.98 Å². The Labute approximate surface area is 131 Å². The number of nitrogen functional groups attached to an aromatic ring is 1. The van der Waals surface area contributed by atoms with Crippen LogP contribution < -0.4 is 5.73 Å². The Bertz CT molecular complexity index is 817. The lowest BCUT2D eigenvalue weighted by Crippen LogP contribution is -1.89. The number of hydrogen-bond donors (Lipinski definition) is 1. The molecule has 5 heteroatoms. The van der Waals surface area contributed by atoms with E-state index in [-0.39, 0.29) is 0 Å². The Balaban J connectivity index is 2.26.